The number of rotatable bonds is 3. The lowest BCUT2D eigenvalue weighted by molar-refractivity contribution is 0.0471. The lowest BCUT2D eigenvalue weighted by atomic mass is 9.85. The van der Waals surface area contributed by atoms with E-state index in [1.54, 1.807) is 6.07 Å². The van der Waals surface area contributed by atoms with E-state index in [-0.39, 0.29) is 18.0 Å². The molecule has 1 aliphatic carbocycles. The van der Waals surface area contributed by atoms with E-state index in [0.29, 0.717) is 29.0 Å². The molecule has 0 bridgehead atoms. The van der Waals surface area contributed by atoms with Crippen molar-refractivity contribution in [2.75, 3.05) is 13.1 Å². The van der Waals surface area contributed by atoms with Crippen LogP contribution in [0.25, 0.3) is 0 Å². The second-order valence-electron chi connectivity index (χ2n) is 8.80. The first-order valence-electron chi connectivity index (χ1n) is 9.89. The fourth-order valence-corrected chi connectivity index (χ4v) is 4.46. The summed E-state index contributed by atoms with van der Waals surface area (Å²) in [6, 6.07) is 3.11. The highest BCUT2D eigenvalue weighted by Crippen LogP contribution is 2.29. The Morgan fingerprint density at radius 2 is 2.11 bits per heavy atom. The molecule has 5 nitrogen and oxygen atoms in total. The first-order valence-corrected chi connectivity index (χ1v) is 10.7. The van der Waals surface area contributed by atoms with Crippen molar-refractivity contribution in [3.63, 3.8) is 0 Å². The van der Waals surface area contributed by atoms with Crippen LogP contribution in [0.1, 0.15) is 62.4 Å². The number of ether oxygens (including phenoxy) is 1. The van der Waals surface area contributed by atoms with Crippen LogP contribution in [0.5, 0.6) is 0 Å². The maximum absolute atomic E-state index is 13.9. The number of hydrogen-bond acceptors (Lipinski definition) is 3. The van der Waals surface area contributed by atoms with Crippen LogP contribution in [-0.2, 0) is 11.2 Å². The van der Waals surface area contributed by atoms with Gasteiger partial charge in [0.05, 0.1) is 4.47 Å². The zero-order chi connectivity index (χ0) is 20.5. The van der Waals surface area contributed by atoms with Gasteiger partial charge in [-0.05, 0) is 86.0 Å². The fourth-order valence-electron chi connectivity index (χ4n) is 4.07. The summed E-state index contributed by atoms with van der Waals surface area (Å²) in [5.41, 5.74) is 0.838. The summed E-state index contributed by atoms with van der Waals surface area (Å²) >= 11 is 3.19. The van der Waals surface area contributed by atoms with Crippen LogP contribution in [0.4, 0.5) is 9.18 Å². The van der Waals surface area contributed by atoms with Gasteiger partial charge < -0.3 is 15.0 Å². The summed E-state index contributed by atoms with van der Waals surface area (Å²) in [6.07, 6.45) is 4.12. The average molecular weight is 455 g/mol. The first kappa shape index (κ1) is 21.1. The van der Waals surface area contributed by atoms with Gasteiger partial charge in [-0.1, -0.05) is 6.42 Å². The number of benzene rings is 1. The topological polar surface area (TPSA) is 58.6 Å². The summed E-state index contributed by atoms with van der Waals surface area (Å²) in [7, 11) is 0. The van der Waals surface area contributed by atoms with Crippen molar-refractivity contribution in [2.45, 2.75) is 64.5 Å². The number of fused-ring (bicyclic) bond motifs is 1. The van der Waals surface area contributed by atoms with Crippen LogP contribution in [-0.4, -0.2) is 41.6 Å². The molecule has 1 N–H and O–H groups in total. The Morgan fingerprint density at radius 3 is 2.82 bits per heavy atom. The Kier molecular flexibility index (Phi) is 6.32. The predicted molar refractivity (Wildman–Crippen MR) is 109 cm³/mol. The molecule has 2 amide bonds. The van der Waals surface area contributed by atoms with Gasteiger partial charge in [0.2, 0.25) is 0 Å². The van der Waals surface area contributed by atoms with Crippen LogP contribution < -0.4 is 5.32 Å². The molecule has 0 saturated heterocycles. The van der Waals surface area contributed by atoms with Crippen molar-refractivity contribution in [1.29, 1.82) is 0 Å². The Bertz CT molecular complexity index is 763. The minimum Gasteiger partial charge on any atom is -0.444 e. The van der Waals surface area contributed by atoms with Gasteiger partial charge in [0.1, 0.15) is 11.4 Å². The van der Waals surface area contributed by atoms with Gasteiger partial charge in [0.25, 0.3) is 5.91 Å². The molecule has 0 aromatic heterocycles. The van der Waals surface area contributed by atoms with Crippen molar-refractivity contribution in [2.24, 2.45) is 5.92 Å². The van der Waals surface area contributed by atoms with E-state index in [2.05, 4.69) is 21.2 Å². The summed E-state index contributed by atoms with van der Waals surface area (Å²) < 4.78 is 19.6. The van der Waals surface area contributed by atoms with Crippen molar-refractivity contribution < 1.29 is 18.7 Å². The fraction of sp³-hybridized carbons (Fsp3) is 0.619. The van der Waals surface area contributed by atoms with Crippen LogP contribution >= 0.6 is 15.9 Å². The van der Waals surface area contributed by atoms with Crippen LogP contribution in [0.3, 0.4) is 0 Å². The molecule has 1 saturated carbocycles. The highest BCUT2D eigenvalue weighted by Gasteiger charge is 2.31. The quantitative estimate of drug-likeness (QED) is 0.721. The van der Waals surface area contributed by atoms with Gasteiger partial charge in [-0.3, -0.25) is 4.79 Å². The highest BCUT2D eigenvalue weighted by atomic mass is 79.9. The number of alkyl carbamates (subject to hydrolysis) is 1. The highest BCUT2D eigenvalue weighted by molar-refractivity contribution is 9.10. The number of carbonyl (C=O) groups is 2. The zero-order valence-electron chi connectivity index (χ0n) is 16.7. The lowest BCUT2D eigenvalue weighted by Crippen LogP contribution is -2.45. The van der Waals surface area contributed by atoms with E-state index in [0.717, 1.165) is 37.7 Å². The predicted octanol–water partition coefficient (Wildman–Crippen LogP) is 4.67. The molecular weight excluding hydrogens is 427 g/mol. The Morgan fingerprint density at radius 1 is 1.36 bits per heavy atom. The molecule has 0 radical (unpaired) electrons. The molecule has 154 valence electrons. The molecule has 0 unspecified atom stereocenters. The van der Waals surface area contributed by atoms with E-state index < -0.39 is 11.4 Å². The van der Waals surface area contributed by atoms with Crippen LogP contribution in [0.2, 0.25) is 0 Å². The second kappa shape index (κ2) is 8.39. The summed E-state index contributed by atoms with van der Waals surface area (Å²) in [5.74, 6) is -0.192. The van der Waals surface area contributed by atoms with E-state index in [4.69, 9.17) is 4.74 Å². The molecule has 3 rings (SSSR count). The molecule has 1 aromatic carbocycles. The SMILES string of the molecule is CC(C)(C)OC(=O)N[C@H]1CCC[C@@H](CN2CCc3cc(Br)c(F)cc3C2=O)C1. The monoisotopic (exact) mass is 454 g/mol. The number of amides is 2. The molecule has 1 aromatic rings. The van der Waals surface area contributed by atoms with Gasteiger partial charge in [0, 0.05) is 24.7 Å². The van der Waals surface area contributed by atoms with Gasteiger partial charge >= 0.3 is 6.09 Å². The van der Waals surface area contributed by atoms with Crippen LogP contribution in [0, 0.1) is 11.7 Å². The normalized spacial score (nSPS) is 22.6. The van der Waals surface area contributed by atoms with E-state index in [1.165, 1.54) is 6.07 Å². The lowest BCUT2D eigenvalue weighted by Gasteiger charge is -2.36. The first-order chi connectivity index (χ1) is 13.1. The van der Waals surface area contributed by atoms with Crippen molar-refractivity contribution >= 4 is 27.9 Å². The summed E-state index contributed by atoms with van der Waals surface area (Å²) in [6.45, 7) is 6.82. The van der Waals surface area contributed by atoms with Gasteiger partial charge in [-0.25, -0.2) is 9.18 Å². The van der Waals surface area contributed by atoms with Crippen molar-refractivity contribution in [1.82, 2.24) is 10.2 Å². The van der Waals surface area contributed by atoms with Crippen molar-refractivity contribution in [3.05, 3.63) is 33.5 Å². The molecule has 0 spiro atoms. The number of halogens is 2. The average Bonchev–Trinajstić information content (AvgIpc) is 2.58. The molecule has 1 heterocycles. The molecule has 1 fully saturated rings. The molecule has 2 atom stereocenters. The third kappa shape index (κ3) is 5.25. The summed E-state index contributed by atoms with van der Waals surface area (Å²) in [5, 5.41) is 2.96. The third-order valence-corrected chi connectivity index (χ3v) is 5.90. The molecule has 7 heteroatoms. The number of nitrogens with zero attached hydrogens (tertiary/aromatic N) is 1. The van der Waals surface area contributed by atoms with Crippen LogP contribution in [0.15, 0.2) is 16.6 Å². The maximum atomic E-state index is 13.9. The van der Waals surface area contributed by atoms with E-state index in [9.17, 15) is 14.0 Å². The number of nitrogens with one attached hydrogen (secondary N) is 1. The minimum absolute atomic E-state index is 0.0641. The Labute approximate surface area is 174 Å². The van der Waals surface area contributed by atoms with E-state index in [1.807, 2.05) is 25.7 Å². The maximum Gasteiger partial charge on any atom is 0.407 e. The minimum atomic E-state index is -0.518. The molecule has 2 aliphatic rings. The van der Waals surface area contributed by atoms with Crippen molar-refractivity contribution in [3.8, 4) is 0 Å². The van der Waals surface area contributed by atoms with E-state index >= 15 is 0 Å². The third-order valence-electron chi connectivity index (χ3n) is 5.30. The number of carbonyl (C=O) groups excluding carboxylic acids is 2. The summed E-state index contributed by atoms with van der Waals surface area (Å²) in [4.78, 5) is 26.7. The van der Waals surface area contributed by atoms with Gasteiger partial charge in [-0.2, -0.15) is 0 Å². The molecular formula is C21H28BrFN2O3. The Hall–Kier alpha value is -1.63. The second-order valence-corrected chi connectivity index (χ2v) is 9.65. The zero-order valence-corrected chi connectivity index (χ0v) is 18.3. The largest absolute Gasteiger partial charge is 0.444 e. The standard InChI is InChI=1S/C21H28BrFN2O3/c1-21(2,3)28-20(27)24-15-6-4-5-13(9-15)12-25-8-7-14-10-17(22)18(23)11-16(14)19(25)26/h10-11,13,15H,4-9,12H2,1-3H3,(H,24,27)/t13-,15+/m1/s1. The molecule has 1 aliphatic heterocycles. The van der Waals surface area contributed by atoms with Gasteiger partial charge in [-0.15, -0.1) is 0 Å². The van der Waals surface area contributed by atoms with Gasteiger partial charge in [0.15, 0.2) is 0 Å². The Balaban J connectivity index is 1.58. The number of hydrogen-bond donors (Lipinski definition) is 1. The molecule has 28 heavy (non-hydrogen) atoms. The smallest absolute Gasteiger partial charge is 0.407 e.